The number of halogens is 1. The zero-order valence-corrected chi connectivity index (χ0v) is 12.9. The molecule has 0 atom stereocenters. The van der Waals surface area contributed by atoms with Gasteiger partial charge in [-0.1, -0.05) is 32.4 Å². The van der Waals surface area contributed by atoms with Crippen LogP contribution in [0, 0.1) is 6.92 Å². The summed E-state index contributed by atoms with van der Waals surface area (Å²) < 4.78 is 0. The molecule has 0 amide bonds. The molecule has 0 N–H and O–H groups in total. The summed E-state index contributed by atoms with van der Waals surface area (Å²) in [6.45, 7) is 8.07. The summed E-state index contributed by atoms with van der Waals surface area (Å²) >= 11 is 7.59. The van der Waals surface area contributed by atoms with E-state index >= 15 is 0 Å². The van der Waals surface area contributed by atoms with Gasteiger partial charge in [-0.25, -0.2) is 19.9 Å². The van der Waals surface area contributed by atoms with E-state index in [2.05, 4.69) is 40.7 Å². The predicted octanol–water partition coefficient (Wildman–Crippen LogP) is 3.68. The lowest BCUT2D eigenvalue weighted by Crippen LogP contribution is -2.17. The highest BCUT2D eigenvalue weighted by atomic mass is 35.5. The average Bonchev–Trinajstić information content (AvgIpc) is 2.34. The zero-order valence-electron chi connectivity index (χ0n) is 11.3. The standard InChI is InChI=1S/C13H15ClN4S/c1-8-9(14)17-11(13(2,3)4)18-10(8)19-12-15-6-5-7-16-12/h5-7H,1-4H3. The van der Waals surface area contributed by atoms with Gasteiger partial charge in [-0.15, -0.1) is 0 Å². The smallest absolute Gasteiger partial charge is 0.193 e. The lowest BCUT2D eigenvalue weighted by molar-refractivity contribution is 0.537. The van der Waals surface area contributed by atoms with E-state index in [1.165, 1.54) is 11.8 Å². The molecule has 6 heteroatoms. The molecule has 0 fully saturated rings. The summed E-state index contributed by atoms with van der Waals surface area (Å²) in [6.07, 6.45) is 3.41. The van der Waals surface area contributed by atoms with E-state index in [9.17, 15) is 0 Å². The SMILES string of the molecule is Cc1c(Cl)nc(C(C)(C)C)nc1Sc1ncccn1. The molecule has 100 valence electrons. The second-order valence-electron chi connectivity index (χ2n) is 5.15. The fraction of sp³-hybridized carbons (Fsp3) is 0.385. The maximum absolute atomic E-state index is 6.19. The van der Waals surface area contributed by atoms with Crippen molar-refractivity contribution in [2.24, 2.45) is 0 Å². The molecule has 0 radical (unpaired) electrons. The van der Waals surface area contributed by atoms with Crippen LogP contribution in [0.5, 0.6) is 0 Å². The Morgan fingerprint density at radius 1 is 1.11 bits per heavy atom. The van der Waals surface area contributed by atoms with Crippen molar-refractivity contribution in [2.45, 2.75) is 43.3 Å². The fourth-order valence-electron chi connectivity index (χ4n) is 1.33. The zero-order chi connectivity index (χ0) is 14.0. The van der Waals surface area contributed by atoms with Crippen molar-refractivity contribution >= 4 is 23.4 Å². The van der Waals surface area contributed by atoms with E-state index in [4.69, 9.17) is 11.6 Å². The van der Waals surface area contributed by atoms with Gasteiger partial charge in [0.25, 0.3) is 0 Å². The third-order valence-electron chi connectivity index (χ3n) is 2.44. The minimum atomic E-state index is -0.149. The van der Waals surface area contributed by atoms with E-state index in [-0.39, 0.29) is 5.41 Å². The van der Waals surface area contributed by atoms with Gasteiger partial charge in [0.15, 0.2) is 5.16 Å². The van der Waals surface area contributed by atoms with E-state index < -0.39 is 0 Å². The molecular weight excluding hydrogens is 280 g/mol. The van der Waals surface area contributed by atoms with Crippen molar-refractivity contribution in [1.82, 2.24) is 19.9 Å². The minimum absolute atomic E-state index is 0.149. The van der Waals surface area contributed by atoms with Gasteiger partial charge in [0.1, 0.15) is 16.0 Å². The van der Waals surface area contributed by atoms with Crippen molar-refractivity contribution in [1.29, 1.82) is 0 Å². The summed E-state index contributed by atoms with van der Waals surface area (Å²) in [5, 5.41) is 1.94. The van der Waals surface area contributed by atoms with E-state index in [1.807, 2.05) is 6.92 Å². The lowest BCUT2D eigenvalue weighted by Gasteiger charge is -2.18. The van der Waals surface area contributed by atoms with Gasteiger partial charge in [0.2, 0.25) is 0 Å². The number of hydrogen-bond acceptors (Lipinski definition) is 5. The van der Waals surface area contributed by atoms with Gasteiger partial charge < -0.3 is 0 Å². The summed E-state index contributed by atoms with van der Waals surface area (Å²) in [5.41, 5.74) is 0.705. The summed E-state index contributed by atoms with van der Waals surface area (Å²) in [6, 6.07) is 1.78. The van der Waals surface area contributed by atoms with Crippen molar-refractivity contribution in [3.63, 3.8) is 0 Å². The first-order valence-electron chi connectivity index (χ1n) is 5.87. The molecule has 2 aromatic rings. The van der Waals surface area contributed by atoms with Crippen LogP contribution in [0.3, 0.4) is 0 Å². The van der Waals surface area contributed by atoms with E-state index in [0.717, 1.165) is 16.4 Å². The Morgan fingerprint density at radius 2 is 1.74 bits per heavy atom. The Labute approximate surface area is 122 Å². The summed E-state index contributed by atoms with van der Waals surface area (Å²) in [5.74, 6) is 0.724. The number of hydrogen-bond donors (Lipinski definition) is 0. The van der Waals surface area contributed by atoms with Crippen molar-refractivity contribution in [2.75, 3.05) is 0 Å². The largest absolute Gasteiger partial charge is 0.231 e. The quantitative estimate of drug-likeness (QED) is 0.625. The van der Waals surface area contributed by atoms with Crippen LogP contribution in [0.15, 0.2) is 28.6 Å². The maximum atomic E-state index is 6.19. The molecule has 0 aliphatic rings. The first-order chi connectivity index (χ1) is 8.88. The molecule has 19 heavy (non-hydrogen) atoms. The van der Waals surface area contributed by atoms with Crippen LogP contribution < -0.4 is 0 Å². The molecule has 0 aromatic carbocycles. The molecule has 2 heterocycles. The molecule has 4 nitrogen and oxygen atoms in total. The molecule has 0 unspecified atom stereocenters. The Morgan fingerprint density at radius 3 is 2.32 bits per heavy atom. The third-order valence-corrected chi connectivity index (χ3v) is 3.79. The second-order valence-corrected chi connectivity index (χ2v) is 6.47. The Balaban J connectivity index is 2.42. The number of rotatable bonds is 2. The summed E-state index contributed by atoms with van der Waals surface area (Å²) in [4.78, 5) is 17.3. The van der Waals surface area contributed by atoms with Crippen LogP contribution in [0.4, 0.5) is 0 Å². The average molecular weight is 295 g/mol. The van der Waals surface area contributed by atoms with Gasteiger partial charge in [0.05, 0.1) is 0 Å². The van der Waals surface area contributed by atoms with Crippen molar-refractivity contribution in [3.8, 4) is 0 Å². The van der Waals surface area contributed by atoms with E-state index in [0.29, 0.717) is 10.3 Å². The van der Waals surface area contributed by atoms with Gasteiger partial charge in [-0.2, -0.15) is 0 Å². The monoisotopic (exact) mass is 294 g/mol. The second kappa shape index (κ2) is 5.43. The first kappa shape index (κ1) is 14.2. The van der Waals surface area contributed by atoms with Crippen molar-refractivity contribution < 1.29 is 0 Å². The Kier molecular flexibility index (Phi) is 4.06. The molecule has 0 aliphatic heterocycles. The molecule has 0 saturated carbocycles. The minimum Gasteiger partial charge on any atom is -0.231 e. The summed E-state index contributed by atoms with van der Waals surface area (Å²) in [7, 11) is 0. The van der Waals surface area contributed by atoms with Crippen LogP contribution in [0.2, 0.25) is 5.15 Å². The lowest BCUT2D eigenvalue weighted by atomic mass is 9.96. The van der Waals surface area contributed by atoms with Gasteiger partial charge >= 0.3 is 0 Å². The van der Waals surface area contributed by atoms with Crippen LogP contribution in [0.25, 0.3) is 0 Å². The first-order valence-corrected chi connectivity index (χ1v) is 7.07. The van der Waals surface area contributed by atoms with Crippen LogP contribution in [0.1, 0.15) is 32.2 Å². The van der Waals surface area contributed by atoms with Crippen LogP contribution in [-0.4, -0.2) is 19.9 Å². The molecule has 2 aromatic heterocycles. The molecule has 0 spiro atoms. The normalized spacial score (nSPS) is 11.6. The third kappa shape index (κ3) is 3.42. The van der Waals surface area contributed by atoms with E-state index in [1.54, 1.807) is 18.5 Å². The van der Waals surface area contributed by atoms with Gasteiger partial charge in [-0.05, 0) is 24.8 Å². The maximum Gasteiger partial charge on any atom is 0.193 e. The highest BCUT2D eigenvalue weighted by Crippen LogP contribution is 2.31. The van der Waals surface area contributed by atoms with Crippen molar-refractivity contribution in [3.05, 3.63) is 35.0 Å². The molecular formula is C13H15ClN4S. The Hall–Kier alpha value is -1.20. The Bertz CT molecular complexity index is 581. The predicted molar refractivity (Wildman–Crippen MR) is 76.6 cm³/mol. The fourth-order valence-corrected chi connectivity index (χ4v) is 2.34. The van der Waals surface area contributed by atoms with Crippen LogP contribution >= 0.6 is 23.4 Å². The van der Waals surface area contributed by atoms with Crippen LogP contribution in [-0.2, 0) is 5.41 Å². The number of nitrogens with zero attached hydrogens (tertiary/aromatic N) is 4. The highest BCUT2D eigenvalue weighted by molar-refractivity contribution is 7.99. The molecule has 0 bridgehead atoms. The number of aromatic nitrogens is 4. The molecule has 0 saturated heterocycles. The molecule has 0 aliphatic carbocycles. The molecule has 2 rings (SSSR count). The van der Waals surface area contributed by atoms with Gasteiger partial charge in [-0.3, -0.25) is 0 Å². The topological polar surface area (TPSA) is 51.6 Å². The van der Waals surface area contributed by atoms with Gasteiger partial charge in [0, 0.05) is 23.4 Å². The highest BCUT2D eigenvalue weighted by Gasteiger charge is 2.21.